The van der Waals surface area contributed by atoms with Crippen LogP contribution >= 0.6 is 23.2 Å². The molecule has 1 aromatic carbocycles. The van der Waals surface area contributed by atoms with Crippen molar-refractivity contribution in [1.82, 2.24) is 9.38 Å². The van der Waals surface area contributed by atoms with Crippen molar-refractivity contribution >= 4 is 52.5 Å². The number of hydrogen-bond acceptors (Lipinski definition) is 4. The lowest BCUT2D eigenvalue weighted by atomic mass is 10.3. The van der Waals surface area contributed by atoms with Crippen LogP contribution in [0.15, 0.2) is 54.7 Å². The maximum Gasteiger partial charge on any atom is 0.331 e. The summed E-state index contributed by atoms with van der Waals surface area (Å²) in [5.74, 6) is -1.12. The fourth-order valence-corrected chi connectivity index (χ4v) is 2.56. The highest BCUT2D eigenvalue weighted by Gasteiger charge is 2.09. The van der Waals surface area contributed by atoms with Gasteiger partial charge >= 0.3 is 5.97 Å². The third kappa shape index (κ3) is 4.41. The van der Waals surface area contributed by atoms with Crippen LogP contribution in [0.3, 0.4) is 0 Å². The van der Waals surface area contributed by atoms with E-state index in [9.17, 15) is 9.59 Å². The van der Waals surface area contributed by atoms with Gasteiger partial charge in [0.1, 0.15) is 5.65 Å². The van der Waals surface area contributed by atoms with Gasteiger partial charge in [-0.2, -0.15) is 0 Å². The molecule has 0 spiro atoms. The molecule has 0 bridgehead atoms. The number of pyridine rings is 1. The number of amides is 1. The van der Waals surface area contributed by atoms with Crippen LogP contribution in [0.4, 0.5) is 5.69 Å². The zero-order valence-corrected chi connectivity index (χ0v) is 14.9. The van der Waals surface area contributed by atoms with Gasteiger partial charge in [0.05, 0.1) is 5.69 Å². The highest BCUT2D eigenvalue weighted by atomic mass is 35.5. The number of nitrogens with zero attached hydrogens (tertiary/aromatic N) is 2. The van der Waals surface area contributed by atoms with Gasteiger partial charge in [-0.25, -0.2) is 9.78 Å². The predicted molar refractivity (Wildman–Crippen MR) is 100 cm³/mol. The van der Waals surface area contributed by atoms with Gasteiger partial charge in [-0.05, 0) is 42.5 Å². The normalized spacial score (nSPS) is 11.0. The fourth-order valence-electron chi connectivity index (χ4n) is 2.20. The largest absolute Gasteiger partial charge is 0.452 e. The number of halogens is 2. The number of ether oxygens (including phenoxy) is 1. The molecule has 0 atom stereocenters. The third-order valence-electron chi connectivity index (χ3n) is 3.37. The molecule has 3 rings (SSSR count). The molecule has 0 saturated carbocycles. The molecule has 8 heteroatoms. The van der Waals surface area contributed by atoms with Crippen LogP contribution in [-0.4, -0.2) is 27.9 Å². The lowest BCUT2D eigenvalue weighted by molar-refractivity contribution is -0.142. The first-order valence-electron chi connectivity index (χ1n) is 7.56. The molecule has 1 N–H and O–H groups in total. The number of aromatic nitrogens is 2. The Balaban J connectivity index is 1.56. The van der Waals surface area contributed by atoms with Gasteiger partial charge in [-0.1, -0.05) is 29.3 Å². The first-order chi connectivity index (χ1) is 12.5. The van der Waals surface area contributed by atoms with Crippen LogP contribution in [0.25, 0.3) is 11.7 Å². The smallest absolute Gasteiger partial charge is 0.331 e. The highest BCUT2D eigenvalue weighted by Crippen LogP contribution is 2.19. The molecule has 0 fully saturated rings. The van der Waals surface area contributed by atoms with Crippen molar-refractivity contribution in [2.75, 3.05) is 11.9 Å². The van der Waals surface area contributed by atoms with E-state index in [2.05, 4.69) is 10.3 Å². The number of carbonyl (C=O) groups is 2. The van der Waals surface area contributed by atoms with E-state index in [0.717, 1.165) is 0 Å². The number of nitrogens with one attached hydrogen (secondary N) is 1. The first kappa shape index (κ1) is 18.0. The number of fused-ring (bicyclic) bond motifs is 1. The Labute approximate surface area is 159 Å². The fraction of sp³-hybridized carbons (Fsp3) is 0.0556. The number of benzene rings is 1. The minimum atomic E-state index is -0.668. The topological polar surface area (TPSA) is 72.7 Å². The van der Waals surface area contributed by atoms with E-state index in [0.29, 0.717) is 22.1 Å². The molecule has 0 unspecified atom stereocenters. The second-order valence-electron chi connectivity index (χ2n) is 5.21. The number of rotatable bonds is 5. The van der Waals surface area contributed by atoms with E-state index < -0.39 is 18.5 Å². The van der Waals surface area contributed by atoms with E-state index in [4.69, 9.17) is 27.9 Å². The van der Waals surface area contributed by atoms with Gasteiger partial charge in [0.15, 0.2) is 11.8 Å². The Morgan fingerprint density at radius 2 is 1.92 bits per heavy atom. The van der Waals surface area contributed by atoms with Crippen molar-refractivity contribution in [2.45, 2.75) is 0 Å². The molecule has 6 nitrogen and oxygen atoms in total. The Morgan fingerprint density at radius 1 is 1.15 bits per heavy atom. The van der Waals surface area contributed by atoms with Crippen LogP contribution in [0.5, 0.6) is 0 Å². The second kappa shape index (κ2) is 8.03. The summed E-state index contributed by atoms with van der Waals surface area (Å²) >= 11 is 11.8. The van der Waals surface area contributed by atoms with E-state index >= 15 is 0 Å². The van der Waals surface area contributed by atoms with Crippen molar-refractivity contribution in [1.29, 1.82) is 0 Å². The van der Waals surface area contributed by atoms with Crippen molar-refractivity contribution in [2.24, 2.45) is 0 Å². The van der Waals surface area contributed by atoms with Crippen molar-refractivity contribution in [3.8, 4) is 0 Å². The Hall–Kier alpha value is -2.83. The zero-order valence-electron chi connectivity index (χ0n) is 13.4. The zero-order chi connectivity index (χ0) is 18.5. The second-order valence-corrected chi connectivity index (χ2v) is 6.01. The minimum Gasteiger partial charge on any atom is -0.452 e. The Morgan fingerprint density at radius 3 is 2.69 bits per heavy atom. The number of imidazole rings is 1. The molecule has 0 aliphatic carbocycles. The first-order valence-corrected chi connectivity index (χ1v) is 8.31. The molecular formula is C18H13Cl2N3O3. The summed E-state index contributed by atoms with van der Waals surface area (Å²) < 4.78 is 6.65. The highest BCUT2D eigenvalue weighted by molar-refractivity contribution is 6.31. The van der Waals surface area contributed by atoms with Crippen LogP contribution in [0, 0.1) is 0 Å². The summed E-state index contributed by atoms with van der Waals surface area (Å²) in [6.07, 6.45) is 4.46. The molecule has 1 amide bonds. The third-order valence-corrected chi connectivity index (χ3v) is 3.90. The molecular weight excluding hydrogens is 377 g/mol. The number of esters is 1. The van der Waals surface area contributed by atoms with Crippen molar-refractivity contribution in [3.63, 3.8) is 0 Å². The van der Waals surface area contributed by atoms with Gasteiger partial charge in [0.25, 0.3) is 5.91 Å². The van der Waals surface area contributed by atoms with Crippen LogP contribution in [0.1, 0.15) is 5.69 Å². The number of carbonyl (C=O) groups excluding carboxylic acids is 2. The van der Waals surface area contributed by atoms with E-state index in [1.54, 1.807) is 40.9 Å². The standard InChI is InChI=1S/C18H13Cl2N3O3/c19-12-4-6-13(7-5-12)21-16(24)11-26-17(25)9-8-14-18(20)22-15-3-1-2-10-23(14)15/h1-10H,11H2,(H,21,24)/b9-8+. The Bertz CT molecular complexity index is 981. The predicted octanol–water partition coefficient (Wildman–Crippen LogP) is 3.84. The summed E-state index contributed by atoms with van der Waals surface area (Å²) in [6.45, 7) is -0.410. The SMILES string of the molecule is O=C(COC(=O)/C=C/c1c(Cl)nc2ccccn12)Nc1ccc(Cl)cc1. The molecule has 0 radical (unpaired) electrons. The average molecular weight is 390 g/mol. The van der Waals surface area contributed by atoms with Crippen molar-refractivity contribution < 1.29 is 14.3 Å². The van der Waals surface area contributed by atoms with Gasteiger partial charge in [-0.15, -0.1) is 0 Å². The summed E-state index contributed by atoms with van der Waals surface area (Å²) in [5, 5.41) is 3.42. The lowest BCUT2D eigenvalue weighted by Gasteiger charge is -2.05. The van der Waals surface area contributed by atoms with Gasteiger partial charge in [0, 0.05) is 23.0 Å². The van der Waals surface area contributed by atoms with E-state index in [1.165, 1.54) is 12.2 Å². The van der Waals surface area contributed by atoms with Gasteiger partial charge in [0.2, 0.25) is 0 Å². The Kier molecular flexibility index (Phi) is 5.55. The molecule has 0 saturated heterocycles. The van der Waals surface area contributed by atoms with Gasteiger partial charge in [-0.3, -0.25) is 9.20 Å². The maximum absolute atomic E-state index is 11.8. The average Bonchev–Trinajstić information content (AvgIpc) is 2.95. The molecule has 2 aromatic heterocycles. The monoisotopic (exact) mass is 389 g/mol. The molecule has 0 aliphatic heterocycles. The number of anilines is 1. The maximum atomic E-state index is 11.8. The van der Waals surface area contributed by atoms with Crippen LogP contribution < -0.4 is 5.32 Å². The quantitative estimate of drug-likeness (QED) is 0.531. The van der Waals surface area contributed by atoms with E-state index in [1.807, 2.05) is 12.1 Å². The minimum absolute atomic E-state index is 0.265. The molecule has 0 aliphatic rings. The van der Waals surface area contributed by atoms with E-state index in [-0.39, 0.29) is 5.15 Å². The molecule has 2 heterocycles. The molecule has 132 valence electrons. The molecule has 26 heavy (non-hydrogen) atoms. The summed E-state index contributed by atoms with van der Waals surface area (Å²) in [5.41, 5.74) is 1.76. The van der Waals surface area contributed by atoms with Gasteiger partial charge < -0.3 is 10.1 Å². The summed E-state index contributed by atoms with van der Waals surface area (Å²) in [6, 6.07) is 12.0. The number of hydrogen-bond donors (Lipinski definition) is 1. The van der Waals surface area contributed by atoms with Crippen molar-refractivity contribution in [3.05, 3.63) is 70.6 Å². The summed E-state index contributed by atoms with van der Waals surface area (Å²) in [4.78, 5) is 27.8. The van der Waals surface area contributed by atoms with Crippen LogP contribution in [-0.2, 0) is 14.3 Å². The lowest BCUT2D eigenvalue weighted by Crippen LogP contribution is -2.20. The van der Waals surface area contributed by atoms with Crippen LogP contribution in [0.2, 0.25) is 10.2 Å². The summed E-state index contributed by atoms with van der Waals surface area (Å²) in [7, 11) is 0. The molecule has 3 aromatic rings.